The van der Waals surface area contributed by atoms with Crippen LogP contribution >= 0.6 is 11.8 Å². The first kappa shape index (κ1) is 15.3. The maximum atomic E-state index is 11.8. The fourth-order valence-electron chi connectivity index (χ4n) is 2.02. The Labute approximate surface area is 113 Å². The van der Waals surface area contributed by atoms with E-state index in [0.717, 1.165) is 31.7 Å². The van der Waals surface area contributed by atoms with Crippen LogP contribution in [0.4, 0.5) is 0 Å². The second-order valence-corrected chi connectivity index (χ2v) is 5.66. The molecule has 0 aromatic carbocycles. The van der Waals surface area contributed by atoms with E-state index in [2.05, 4.69) is 5.32 Å². The Hall–Kier alpha value is -0.750. The first-order valence-electron chi connectivity index (χ1n) is 6.35. The van der Waals surface area contributed by atoms with Crippen molar-refractivity contribution in [1.82, 2.24) is 10.2 Å². The van der Waals surface area contributed by atoms with Gasteiger partial charge in [-0.15, -0.1) is 0 Å². The average molecular weight is 273 g/mol. The van der Waals surface area contributed by atoms with Gasteiger partial charge in [0.15, 0.2) is 0 Å². The predicted octanol–water partition coefficient (Wildman–Crippen LogP) is 0.194. The lowest BCUT2D eigenvalue weighted by Gasteiger charge is -2.32. The molecular weight excluding hydrogens is 250 g/mol. The third-order valence-corrected chi connectivity index (χ3v) is 3.90. The van der Waals surface area contributed by atoms with Crippen molar-refractivity contribution in [1.29, 1.82) is 0 Å². The van der Waals surface area contributed by atoms with Crippen molar-refractivity contribution >= 4 is 23.6 Å². The molecule has 0 spiro atoms. The van der Waals surface area contributed by atoms with Gasteiger partial charge in [0.05, 0.1) is 6.04 Å². The number of nitrogens with zero attached hydrogens (tertiary/aromatic N) is 1. The smallest absolute Gasteiger partial charge is 0.237 e. The molecular formula is C12H23N3O2S. The van der Waals surface area contributed by atoms with Crippen molar-refractivity contribution in [3.05, 3.63) is 0 Å². The molecule has 0 unspecified atom stereocenters. The Morgan fingerprint density at radius 1 is 1.44 bits per heavy atom. The van der Waals surface area contributed by atoms with Gasteiger partial charge in [-0.2, -0.15) is 11.8 Å². The monoisotopic (exact) mass is 273 g/mol. The summed E-state index contributed by atoms with van der Waals surface area (Å²) >= 11 is 1.69. The molecule has 0 aromatic rings. The van der Waals surface area contributed by atoms with Gasteiger partial charge >= 0.3 is 0 Å². The largest absolute Gasteiger partial charge is 0.352 e. The zero-order valence-electron chi connectivity index (χ0n) is 11.1. The number of piperidine rings is 1. The fourth-order valence-corrected chi connectivity index (χ4v) is 2.51. The molecule has 1 rings (SSSR count). The van der Waals surface area contributed by atoms with Crippen LogP contribution in [0, 0.1) is 0 Å². The third-order valence-electron chi connectivity index (χ3n) is 3.26. The first-order valence-corrected chi connectivity index (χ1v) is 7.74. The molecule has 5 nitrogen and oxygen atoms in total. The van der Waals surface area contributed by atoms with Gasteiger partial charge in [0.2, 0.25) is 11.8 Å². The summed E-state index contributed by atoms with van der Waals surface area (Å²) in [7, 11) is 0. The van der Waals surface area contributed by atoms with Gasteiger partial charge < -0.3 is 16.0 Å². The normalized spacial score (nSPS) is 18.5. The van der Waals surface area contributed by atoms with E-state index in [-0.39, 0.29) is 17.9 Å². The number of thioether (sulfide) groups is 1. The highest BCUT2D eigenvalue weighted by Gasteiger charge is 2.23. The maximum Gasteiger partial charge on any atom is 0.237 e. The summed E-state index contributed by atoms with van der Waals surface area (Å²) in [5.74, 6) is 0.943. The Bertz CT molecular complexity index is 291. The molecule has 1 aliphatic heterocycles. The number of carbonyl (C=O) groups excluding carboxylic acids is 2. The van der Waals surface area contributed by atoms with Crippen LogP contribution in [0.5, 0.6) is 0 Å². The number of rotatable bonds is 5. The second-order valence-electron chi connectivity index (χ2n) is 4.68. The molecule has 104 valence electrons. The lowest BCUT2D eigenvalue weighted by molar-refractivity contribution is -0.130. The molecule has 3 N–H and O–H groups in total. The number of hydrogen-bond donors (Lipinski definition) is 2. The summed E-state index contributed by atoms with van der Waals surface area (Å²) < 4.78 is 0. The SMILES string of the molecule is CSCC[C@H](N)C(=O)NC1CCN(C(C)=O)CC1. The highest BCUT2D eigenvalue weighted by molar-refractivity contribution is 7.98. The number of nitrogens with two attached hydrogens (primary N) is 1. The van der Waals surface area contributed by atoms with E-state index >= 15 is 0 Å². The zero-order chi connectivity index (χ0) is 13.5. The molecule has 0 aromatic heterocycles. The molecule has 0 radical (unpaired) electrons. The maximum absolute atomic E-state index is 11.8. The van der Waals surface area contributed by atoms with E-state index < -0.39 is 6.04 Å². The van der Waals surface area contributed by atoms with Crippen molar-refractivity contribution < 1.29 is 9.59 Å². The van der Waals surface area contributed by atoms with Gasteiger partial charge in [0.1, 0.15) is 0 Å². The number of hydrogen-bond acceptors (Lipinski definition) is 4. The molecule has 0 aliphatic carbocycles. The Morgan fingerprint density at radius 2 is 2.06 bits per heavy atom. The van der Waals surface area contributed by atoms with Crippen LogP contribution in [0.1, 0.15) is 26.2 Å². The molecule has 1 fully saturated rings. The lowest BCUT2D eigenvalue weighted by atomic mass is 10.0. The van der Waals surface area contributed by atoms with Gasteiger partial charge in [-0.25, -0.2) is 0 Å². The molecule has 2 amide bonds. The summed E-state index contributed by atoms with van der Waals surface area (Å²) in [5, 5.41) is 2.98. The lowest BCUT2D eigenvalue weighted by Crippen LogP contribution is -2.50. The molecule has 1 heterocycles. The molecule has 1 saturated heterocycles. The van der Waals surface area contributed by atoms with E-state index in [1.54, 1.807) is 18.7 Å². The second kappa shape index (κ2) is 7.63. The van der Waals surface area contributed by atoms with E-state index in [0.29, 0.717) is 6.42 Å². The minimum absolute atomic E-state index is 0.0645. The predicted molar refractivity (Wildman–Crippen MR) is 74.4 cm³/mol. The average Bonchev–Trinajstić information content (AvgIpc) is 2.36. The zero-order valence-corrected chi connectivity index (χ0v) is 12.0. The Kier molecular flexibility index (Phi) is 6.49. The van der Waals surface area contributed by atoms with Gasteiger partial charge in [-0.1, -0.05) is 0 Å². The summed E-state index contributed by atoms with van der Waals surface area (Å²) in [4.78, 5) is 24.8. The van der Waals surface area contributed by atoms with E-state index in [9.17, 15) is 9.59 Å². The van der Waals surface area contributed by atoms with Crippen LogP contribution in [0.3, 0.4) is 0 Å². The van der Waals surface area contributed by atoms with Crippen LogP contribution in [0.25, 0.3) is 0 Å². The third kappa shape index (κ3) is 4.86. The van der Waals surface area contributed by atoms with Gasteiger partial charge in [-0.05, 0) is 31.3 Å². The summed E-state index contributed by atoms with van der Waals surface area (Å²) in [5.41, 5.74) is 5.81. The summed E-state index contributed by atoms with van der Waals surface area (Å²) in [6, 6.07) is -0.253. The van der Waals surface area contributed by atoms with Crippen LogP contribution in [-0.4, -0.2) is 53.9 Å². The van der Waals surface area contributed by atoms with Crippen molar-refractivity contribution in [3.8, 4) is 0 Å². The summed E-state index contributed by atoms with van der Waals surface area (Å²) in [6.07, 6.45) is 4.35. The standard InChI is InChI=1S/C12H23N3O2S/c1-9(16)15-6-3-10(4-7-15)14-12(17)11(13)5-8-18-2/h10-11H,3-8,13H2,1-2H3,(H,14,17)/t11-/m0/s1. The quantitative estimate of drug-likeness (QED) is 0.750. The van der Waals surface area contributed by atoms with Gasteiger partial charge in [0, 0.05) is 26.1 Å². The van der Waals surface area contributed by atoms with Crippen LogP contribution in [0.15, 0.2) is 0 Å². The van der Waals surface area contributed by atoms with E-state index in [1.807, 2.05) is 11.2 Å². The number of carbonyl (C=O) groups is 2. The number of amides is 2. The number of nitrogens with one attached hydrogen (secondary N) is 1. The molecule has 1 aliphatic rings. The summed E-state index contributed by atoms with van der Waals surface area (Å²) in [6.45, 7) is 3.03. The van der Waals surface area contributed by atoms with Crippen molar-refractivity contribution in [2.45, 2.75) is 38.3 Å². The molecule has 0 saturated carbocycles. The molecule has 1 atom stereocenters. The number of likely N-dealkylation sites (tertiary alicyclic amines) is 1. The highest BCUT2D eigenvalue weighted by atomic mass is 32.2. The first-order chi connectivity index (χ1) is 8.54. The Balaban J connectivity index is 2.27. The van der Waals surface area contributed by atoms with Crippen LogP contribution in [0.2, 0.25) is 0 Å². The minimum Gasteiger partial charge on any atom is -0.352 e. The van der Waals surface area contributed by atoms with Crippen molar-refractivity contribution in [3.63, 3.8) is 0 Å². The Morgan fingerprint density at radius 3 is 2.56 bits per heavy atom. The minimum atomic E-state index is -0.414. The highest BCUT2D eigenvalue weighted by Crippen LogP contribution is 2.10. The van der Waals surface area contributed by atoms with Crippen molar-refractivity contribution in [2.24, 2.45) is 5.73 Å². The molecule has 6 heteroatoms. The van der Waals surface area contributed by atoms with Crippen molar-refractivity contribution in [2.75, 3.05) is 25.1 Å². The van der Waals surface area contributed by atoms with E-state index in [1.165, 1.54) is 0 Å². The van der Waals surface area contributed by atoms with Gasteiger partial charge in [-0.3, -0.25) is 9.59 Å². The van der Waals surface area contributed by atoms with Crippen LogP contribution in [-0.2, 0) is 9.59 Å². The van der Waals surface area contributed by atoms with Gasteiger partial charge in [0.25, 0.3) is 0 Å². The van der Waals surface area contributed by atoms with Crippen LogP contribution < -0.4 is 11.1 Å². The topological polar surface area (TPSA) is 75.4 Å². The molecule has 0 bridgehead atoms. The molecule has 18 heavy (non-hydrogen) atoms. The fraction of sp³-hybridized carbons (Fsp3) is 0.833. The van der Waals surface area contributed by atoms with E-state index in [4.69, 9.17) is 5.73 Å².